The largest absolute Gasteiger partial charge is 0.469 e. The molecule has 0 bridgehead atoms. The summed E-state index contributed by atoms with van der Waals surface area (Å²) in [5.41, 5.74) is 2.22. The summed E-state index contributed by atoms with van der Waals surface area (Å²) >= 11 is 0. The molecule has 4 heteroatoms. The van der Waals surface area contributed by atoms with Crippen LogP contribution in [0.1, 0.15) is 107 Å². The molecule has 0 spiro atoms. The number of unbranched alkanes of at least 4 members (excludes halogenated alkanes) is 5. The number of hydrogen-bond acceptors (Lipinski definition) is 4. The van der Waals surface area contributed by atoms with E-state index in [2.05, 4.69) is 23.8 Å². The van der Waals surface area contributed by atoms with Crippen LogP contribution in [0.15, 0.2) is 24.3 Å². The maximum Gasteiger partial charge on any atom is 0.305 e. The van der Waals surface area contributed by atoms with E-state index in [-0.39, 0.29) is 18.0 Å². The molecule has 1 aromatic rings. The number of ether oxygens (including phenoxy) is 1. The zero-order chi connectivity index (χ0) is 21.1. The van der Waals surface area contributed by atoms with Gasteiger partial charge >= 0.3 is 5.97 Å². The Balaban J connectivity index is 1.82. The fourth-order valence-electron chi connectivity index (χ4n) is 4.48. The molecule has 0 amide bonds. The Morgan fingerprint density at radius 3 is 2.52 bits per heavy atom. The van der Waals surface area contributed by atoms with Crippen LogP contribution in [0.4, 0.5) is 0 Å². The van der Waals surface area contributed by atoms with Gasteiger partial charge in [0.05, 0.1) is 13.2 Å². The summed E-state index contributed by atoms with van der Waals surface area (Å²) in [5.74, 6) is 0.683. The number of aliphatic hydroxyl groups excluding tert-OH is 1. The molecule has 3 atom stereocenters. The van der Waals surface area contributed by atoms with Gasteiger partial charge in [-0.2, -0.15) is 0 Å². The number of hydrogen-bond donors (Lipinski definition) is 1. The van der Waals surface area contributed by atoms with E-state index in [1.54, 1.807) is 0 Å². The topological polar surface area (TPSA) is 63.6 Å². The van der Waals surface area contributed by atoms with E-state index in [9.17, 15) is 14.7 Å². The summed E-state index contributed by atoms with van der Waals surface area (Å²) in [6.07, 6.45) is 10.8. The van der Waals surface area contributed by atoms with Crippen LogP contribution >= 0.6 is 0 Å². The van der Waals surface area contributed by atoms with Crippen LogP contribution in [0, 0.1) is 5.92 Å². The first-order chi connectivity index (χ1) is 14.1. The van der Waals surface area contributed by atoms with Crippen molar-refractivity contribution < 1.29 is 19.4 Å². The van der Waals surface area contributed by atoms with E-state index in [0.29, 0.717) is 24.5 Å². The molecule has 162 valence electrons. The van der Waals surface area contributed by atoms with Crippen molar-refractivity contribution in [2.24, 2.45) is 5.92 Å². The molecule has 29 heavy (non-hydrogen) atoms. The van der Waals surface area contributed by atoms with Gasteiger partial charge in [0.15, 0.2) is 0 Å². The number of esters is 1. The number of ketones is 1. The molecule has 1 fully saturated rings. The molecule has 1 aliphatic rings. The maximum atomic E-state index is 12.4. The lowest BCUT2D eigenvalue weighted by Gasteiger charge is -2.20. The van der Waals surface area contributed by atoms with E-state index in [1.165, 1.54) is 12.7 Å². The van der Waals surface area contributed by atoms with E-state index in [1.807, 2.05) is 12.1 Å². The van der Waals surface area contributed by atoms with Gasteiger partial charge in [0.2, 0.25) is 0 Å². The number of Topliss-reactive ketones (excluding diaryl/α,β-unsaturated/α-hetero) is 1. The van der Waals surface area contributed by atoms with E-state index in [0.717, 1.165) is 69.8 Å². The average Bonchev–Trinajstić information content (AvgIpc) is 3.10. The molecule has 1 N–H and O–H groups in total. The zero-order valence-electron chi connectivity index (χ0n) is 18.2. The molecule has 4 nitrogen and oxygen atoms in total. The van der Waals surface area contributed by atoms with Gasteiger partial charge in [0.25, 0.3) is 0 Å². The first-order valence-electron chi connectivity index (χ1n) is 11.4. The second-order valence-electron chi connectivity index (χ2n) is 8.43. The molecule has 2 rings (SSSR count). The normalized spacial score (nSPS) is 20.0. The summed E-state index contributed by atoms with van der Waals surface area (Å²) in [4.78, 5) is 23.6. The molecule has 0 aromatic heterocycles. The van der Waals surface area contributed by atoms with Crippen LogP contribution in [-0.4, -0.2) is 24.0 Å². The molecular weight excluding hydrogens is 364 g/mol. The highest BCUT2D eigenvalue weighted by Gasteiger charge is 2.34. The first kappa shape index (κ1) is 23.6. The van der Waals surface area contributed by atoms with Crippen LogP contribution in [0.25, 0.3) is 0 Å². The van der Waals surface area contributed by atoms with Crippen molar-refractivity contribution in [1.82, 2.24) is 0 Å². The van der Waals surface area contributed by atoms with E-state index < -0.39 is 0 Å². The minimum atomic E-state index is -0.387. The van der Waals surface area contributed by atoms with Gasteiger partial charge in [-0.3, -0.25) is 9.59 Å². The lowest BCUT2D eigenvalue weighted by atomic mass is 9.84. The number of benzene rings is 1. The fraction of sp³-hybridized carbons (Fsp3) is 0.680. The summed E-state index contributed by atoms with van der Waals surface area (Å²) in [6, 6.07) is 8.31. The Kier molecular flexibility index (Phi) is 10.4. The molecular formula is C25H38O4. The van der Waals surface area contributed by atoms with E-state index in [4.69, 9.17) is 0 Å². The monoisotopic (exact) mass is 402 g/mol. The van der Waals surface area contributed by atoms with Gasteiger partial charge in [0, 0.05) is 18.8 Å². The Bertz CT molecular complexity index is 622. The zero-order valence-corrected chi connectivity index (χ0v) is 18.2. The minimum absolute atomic E-state index is 0.121. The van der Waals surface area contributed by atoms with Crippen molar-refractivity contribution in [3.63, 3.8) is 0 Å². The lowest BCUT2D eigenvalue weighted by Crippen LogP contribution is -2.13. The third-order valence-corrected chi connectivity index (χ3v) is 6.31. The van der Waals surface area contributed by atoms with Crippen LogP contribution in [0.2, 0.25) is 0 Å². The Morgan fingerprint density at radius 2 is 1.83 bits per heavy atom. The van der Waals surface area contributed by atoms with Crippen LogP contribution in [0.3, 0.4) is 0 Å². The third-order valence-electron chi connectivity index (χ3n) is 6.31. The highest BCUT2D eigenvalue weighted by atomic mass is 16.5. The Labute approximate surface area is 176 Å². The van der Waals surface area contributed by atoms with Gasteiger partial charge < -0.3 is 9.84 Å². The Hall–Kier alpha value is -1.68. The molecule has 0 saturated heterocycles. The molecule has 1 aromatic carbocycles. The SMILES string of the molecule is CCCCC[C@@H](O)c1ccc([C@H]2CCC(=O)[C@@H]2CCCCCCC(=O)OC)cc1. The van der Waals surface area contributed by atoms with Gasteiger partial charge in [-0.1, -0.05) is 69.7 Å². The molecule has 0 radical (unpaired) electrons. The number of rotatable bonds is 13. The highest BCUT2D eigenvalue weighted by Crippen LogP contribution is 2.40. The maximum absolute atomic E-state index is 12.4. The van der Waals surface area contributed by atoms with Crippen LogP contribution in [0.5, 0.6) is 0 Å². The molecule has 0 unspecified atom stereocenters. The van der Waals surface area contributed by atoms with Crippen LogP contribution in [-0.2, 0) is 14.3 Å². The van der Waals surface area contributed by atoms with Crippen molar-refractivity contribution >= 4 is 11.8 Å². The molecule has 1 saturated carbocycles. The smallest absolute Gasteiger partial charge is 0.305 e. The number of aliphatic hydroxyl groups is 1. The average molecular weight is 403 g/mol. The number of methoxy groups -OCH3 is 1. The standard InChI is InChI=1S/C25H38O4/c1-3-4-7-11-23(26)20-15-13-19(14-16-20)21-17-18-24(27)22(21)10-8-5-6-9-12-25(28)29-2/h13-16,21-23,26H,3-12,17-18H2,1-2H3/t21-,22-,23-/m1/s1. The first-order valence-corrected chi connectivity index (χ1v) is 11.4. The van der Waals surface area contributed by atoms with Crippen molar-refractivity contribution in [1.29, 1.82) is 0 Å². The second-order valence-corrected chi connectivity index (χ2v) is 8.43. The summed E-state index contributed by atoms with van der Waals surface area (Å²) in [6.45, 7) is 2.17. The number of carbonyl (C=O) groups excluding carboxylic acids is 2. The molecule has 0 aliphatic heterocycles. The van der Waals surface area contributed by atoms with Crippen molar-refractivity contribution in [3.8, 4) is 0 Å². The molecule has 0 heterocycles. The predicted octanol–water partition coefficient (Wildman–Crippen LogP) is 5.88. The van der Waals surface area contributed by atoms with Crippen molar-refractivity contribution in [2.45, 2.75) is 96.0 Å². The Morgan fingerprint density at radius 1 is 1.10 bits per heavy atom. The predicted molar refractivity (Wildman–Crippen MR) is 116 cm³/mol. The highest BCUT2D eigenvalue weighted by molar-refractivity contribution is 5.84. The second kappa shape index (κ2) is 12.8. The quantitative estimate of drug-likeness (QED) is 0.331. The van der Waals surface area contributed by atoms with Gasteiger partial charge in [0.1, 0.15) is 5.78 Å². The number of carbonyl (C=O) groups is 2. The summed E-state index contributed by atoms with van der Waals surface area (Å²) < 4.78 is 4.66. The third kappa shape index (κ3) is 7.58. The van der Waals surface area contributed by atoms with Crippen LogP contribution < -0.4 is 0 Å². The van der Waals surface area contributed by atoms with Crippen molar-refractivity contribution in [2.75, 3.05) is 7.11 Å². The summed E-state index contributed by atoms with van der Waals surface area (Å²) in [7, 11) is 1.42. The van der Waals surface area contributed by atoms with Gasteiger partial charge in [-0.25, -0.2) is 0 Å². The van der Waals surface area contributed by atoms with Crippen molar-refractivity contribution in [3.05, 3.63) is 35.4 Å². The van der Waals surface area contributed by atoms with Gasteiger partial charge in [-0.15, -0.1) is 0 Å². The lowest BCUT2D eigenvalue weighted by molar-refractivity contribution is -0.140. The summed E-state index contributed by atoms with van der Waals surface area (Å²) in [5, 5.41) is 10.4. The fourth-order valence-corrected chi connectivity index (χ4v) is 4.48. The minimum Gasteiger partial charge on any atom is -0.469 e. The van der Waals surface area contributed by atoms with Gasteiger partial charge in [-0.05, 0) is 42.7 Å². The van der Waals surface area contributed by atoms with E-state index >= 15 is 0 Å². The molecule has 1 aliphatic carbocycles.